The summed E-state index contributed by atoms with van der Waals surface area (Å²) in [5.41, 5.74) is 12.2. The van der Waals surface area contributed by atoms with E-state index in [0.29, 0.717) is 0 Å². The summed E-state index contributed by atoms with van der Waals surface area (Å²) in [4.78, 5) is 2.83. The Balaban J connectivity index is 2.43. The van der Waals surface area contributed by atoms with Gasteiger partial charge in [0.15, 0.2) is 6.23 Å². The van der Waals surface area contributed by atoms with Crippen LogP contribution in [-0.2, 0) is 17.6 Å². The lowest BCUT2D eigenvalue weighted by atomic mass is 9.88. The van der Waals surface area contributed by atoms with Crippen LogP contribution in [-0.4, -0.2) is 7.11 Å². The lowest BCUT2D eigenvalue weighted by Crippen LogP contribution is -2.09. The fourth-order valence-electron chi connectivity index (χ4n) is 2.33. The van der Waals surface area contributed by atoms with Crippen molar-refractivity contribution in [2.45, 2.75) is 31.9 Å². The Hall–Kier alpha value is -1.51. The fourth-order valence-corrected chi connectivity index (χ4v) is 2.33. The van der Waals surface area contributed by atoms with E-state index < -0.39 is 6.23 Å². The molecule has 0 N–H and O–H groups in total. The first-order chi connectivity index (χ1) is 7.86. The molecule has 1 aliphatic rings. The quantitative estimate of drug-likeness (QED) is 0.434. The van der Waals surface area contributed by atoms with E-state index in [0.717, 1.165) is 18.4 Å². The van der Waals surface area contributed by atoms with Crippen LogP contribution in [0.1, 0.15) is 35.8 Å². The van der Waals surface area contributed by atoms with Crippen molar-refractivity contribution < 1.29 is 4.74 Å². The highest BCUT2D eigenvalue weighted by atomic mass is 16.5. The Bertz CT molecular complexity index is 424. The highest BCUT2D eigenvalue weighted by Crippen LogP contribution is 2.30. The van der Waals surface area contributed by atoms with Gasteiger partial charge in [-0.05, 0) is 47.9 Å². The minimum absolute atomic E-state index is 0.488. The molecule has 1 aliphatic carbocycles. The lowest BCUT2D eigenvalue weighted by molar-refractivity contribution is 0.108. The van der Waals surface area contributed by atoms with Gasteiger partial charge in [-0.1, -0.05) is 23.3 Å². The highest BCUT2D eigenvalue weighted by Gasteiger charge is 2.17. The van der Waals surface area contributed by atoms with Gasteiger partial charge in [0.05, 0.1) is 0 Å². The minimum Gasteiger partial charge on any atom is -0.371 e. The van der Waals surface area contributed by atoms with Gasteiger partial charge < -0.3 is 4.74 Å². The third-order valence-electron chi connectivity index (χ3n) is 3.08. The summed E-state index contributed by atoms with van der Waals surface area (Å²) < 4.78 is 5.22. The van der Waals surface area contributed by atoms with Crippen LogP contribution in [0, 0.1) is 0 Å². The number of rotatable bonds is 3. The van der Waals surface area contributed by atoms with E-state index in [9.17, 15) is 0 Å². The monoisotopic (exact) mass is 217 g/mol. The van der Waals surface area contributed by atoms with Crippen molar-refractivity contribution in [2.75, 3.05) is 7.11 Å². The topological polar surface area (TPSA) is 58.0 Å². The van der Waals surface area contributed by atoms with Crippen molar-refractivity contribution in [1.82, 2.24) is 0 Å². The predicted molar refractivity (Wildman–Crippen MR) is 62.0 cm³/mol. The molecule has 1 atom stereocenters. The van der Waals surface area contributed by atoms with Gasteiger partial charge in [0, 0.05) is 12.0 Å². The molecule has 0 amide bonds. The Morgan fingerprint density at radius 2 is 2.19 bits per heavy atom. The fraction of sp³-hybridized carbons (Fsp3) is 0.500. The van der Waals surface area contributed by atoms with Gasteiger partial charge in [-0.15, -0.1) is 0 Å². The normalized spacial score (nSPS) is 16.1. The van der Waals surface area contributed by atoms with Crippen molar-refractivity contribution in [3.63, 3.8) is 0 Å². The summed E-state index contributed by atoms with van der Waals surface area (Å²) in [5, 5.41) is 3.68. The molecule has 0 aliphatic heterocycles. The Morgan fingerprint density at radius 1 is 1.38 bits per heavy atom. The van der Waals surface area contributed by atoms with E-state index in [-0.39, 0.29) is 0 Å². The zero-order valence-electron chi connectivity index (χ0n) is 9.39. The number of azide groups is 1. The van der Waals surface area contributed by atoms with Crippen LogP contribution in [0.15, 0.2) is 23.3 Å². The molecule has 16 heavy (non-hydrogen) atoms. The Kier molecular flexibility index (Phi) is 3.44. The van der Waals surface area contributed by atoms with Crippen molar-refractivity contribution in [1.29, 1.82) is 0 Å². The van der Waals surface area contributed by atoms with Crippen molar-refractivity contribution >= 4 is 0 Å². The second-order valence-corrected chi connectivity index (χ2v) is 3.98. The highest BCUT2D eigenvalue weighted by molar-refractivity contribution is 5.38. The van der Waals surface area contributed by atoms with E-state index in [1.807, 2.05) is 12.1 Å². The molecule has 4 nitrogen and oxygen atoms in total. The molecule has 0 bridgehead atoms. The van der Waals surface area contributed by atoms with E-state index in [1.54, 1.807) is 7.11 Å². The number of aryl methyl sites for hydroxylation is 1. The summed E-state index contributed by atoms with van der Waals surface area (Å²) in [6.45, 7) is 0. The number of hydrogen-bond acceptors (Lipinski definition) is 2. The number of nitrogens with zero attached hydrogens (tertiary/aromatic N) is 3. The van der Waals surface area contributed by atoms with Crippen LogP contribution in [0.5, 0.6) is 0 Å². The van der Waals surface area contributed by atoms with Gasteiger partial charge in [0.25, 0.3) is 0 Å². The maximum Gasteiger partial charge on any atom is 0.161 e. The van der Waals surface area contributed by atoms with Gasteiger partial charge in [0.1, 0.15) is 0 Å². The molecular formula is C12H15N3O. The molecule has 0 heterocycles. The van der Waals surface area contributed by atoms with Crippen molar-refractivity contribution in [2.24, 2.45) is 5.11 Å². The molecule has 0 unspecified atom stereocenters. The van der Waals surface area contributed by atoms with Crippen LogP contribution in [0.4, 0.5) is 0 Å². The molecule has 2 rings (SSSR count). The van der Waals surface area contributed by atoms with Gasteiger partial charge in [-0.3, -0.25) is 0 Å². The molecule has 0 saturated carbocycles. The number of fused-ring (bicyclic) bond motifs is 1. The first-order valence-electron chi connectivity index (χ1n) is 5.54. The second-order valence-electron chi connectivity index (χ2n) is 3.98. The summed E-state index contributed by atoms with van der Waals surface area (Å²) in [7, 11) is 1.57. The summed E-state index contributed by atoms with van der Waals surface area (Å²) >= 11 is 0. The average molecular weight is 217 g/mol. The van der Waals surface area contributed by atoms with E-state index >= 15 is 0 Å². The largest absolute Gasteiger partial charge is 0.371 e. The second kappa shape index (κ2) is 5.01. The van der Waals surface area contributed by atoms with Gasteiger partial charge in [-0.2, -0.15) is 0 Å². The Morgan fingerprint density at radius 3 is 2.94 bits per heavy atom. The third kappa shape index (κ3) is 2.03. The average Bonchev–Trinajstić information content (AvgIpc) is 2.35. The molecule has 0 fully saturated rings. The first kappa shape index (κ1) is 11.0. The summed E-state index contributed by atoms with van der Waals surface area (Å²) in [6, 6.07) is 6.16. The zero-order valence-corrected chi connectivity index (χ0v) is 9.39. The number of hydrogen-bond donors (Lipinski definition) is 0. The van der Waals surface area contributed by atoms with Gasteiger partial charge in [-0.25, -0.2) is 0 Å². The van der Waals surface area contributed by atoms with Crippen molar-refractivity contribution in [3.8, 4) is 0 Å². The molecule has 1 aromatic rings. The molecule has 1 aromatic carbocycles. The van der Waals surface area contributed by atoms with E-state index in [2.05, 4.69) is 16.1 Å². The third-order valence-corrected chi connectivity index (χ3v) is 3.08. The summed E-state index contributed by atoms with van der Waals surface area (Å²) in [5.74, 6) is 0. The van der Waals surface area contributed by atoms with Crippen molar-refractivity contribution in [3.05, 3.63) is 45.3 Å². The van der Waals surface area contributed by atoms with Crippen LogP contribution >= 0.6 is 0 Å². The van der Waals surface area contributed by atoms with Crippen LogP contribution in [0.25, 0.3) is 10.4 Å². The minimum atomic E-state index is -0.488. The molecule has 0 spiro atoms. The summed E-state index contributed by atoms with van der Waals surface area (Å²) in [6.07, 6.45) is 4.15. The molecule has 4 heteroatoms. The number of benzene rings is 1. The van der Waals surface area contributed by atoms with Gasteiger partial charge in [0.2, 0.25) is 0 Å². The SMILES string of the molecule is CO[C@@H](N=[N+]=[N-])c1cccc2c1CCCC2. The zero-order chi connectivity index (χ0) is 11.4. The number of methoxy groups -OCH3 is 1. The molecule has 0 aromatic heterocycles. The molecule has 0 radical (unpaired) electrons. The Labute approximate surface area is 94.9 Å². The maximum atomic E-state index is 8.51. The molecule has 84 valence electrons. The van der Waals surface area contributed by atoms with E-state index in [1.165, 1.54) is 24.0 Å². The van der Waals surface area contributed by atoms with Gasteiger partial charge >= 0.3 is 0 Å². The first-order valence-corrected chi connectivity index (χ1v) is 5.54. The molecular weight excluding hydrogens is 202 g/mol. The molecule has 0 saturated heterocycles. The van der Waals surface area contributed by atoms with Crippen LogP contribution in [0.3, 0.4) is 0 Å². The van der Waals surface area contributed by atoms with Crippen LogP contribution < -0.4 is 0 Å². The lowest BCUT2D eigenvalue weighted by Gasteiger charge is -2.21. The predicted octanol–water partition coefficient (Wildman–Crippen LogP) is 3.52. The smallest absolute Gasteiger partial charge is 0.161 e. The van der Waals surface area contributed by atoms with E-state index in [4.69, 9.17) is 10.3 Å². The standard InChI is InChI=1S/C12H15N3O/c1-16-12(14-15-13)11-8-4-6-9-5-2-3-7-10(9)11/h4,6,8,12H,2-3,5,7H2,1H3/t12-/m1/s1. The maximum absolute atomic E-state index is 8.51. The van der Waals surface area contributed by atoms with Crippen LogP contribution in [0.2, 0.25) is 0 Å². The number of ether oxygens (including phenoxy) is 1.